The summed E-state index contributed by atoms with van der Waals surface area (Å²) < 4.78 is 0. The van der Waals surface area contributed by atoms with E-state index in [1.54, 1.807) is 0 Å². The van der Waals surface area contributed by atoms with Gasteiger partial charge in [-0.25, -0.2) is 4.79 Å². The summed E-state index contributed by atoms with van der Waals surface area (Å²) in [5.41, 5.74) is 3.12. The van der Waals surface area contributed by atoms with E-state index in [1.165, 1.54) is 4.90 Å². The van der Waals surface area contributed by atoms with Crippen LogP contribution in [-0.2, 0) is 16.0 Å². The molecule has 0 radical (unpaired) electrons. The van der Waals surface area contributed by atoms with Crippen LogP contribution in [-0.4, -0.2) is 45.7 Å². The molecule has 0 aliphatic carbocycles. The number of aliphatic hydroxyl groups is 1. The third kappa shape index (κ3) is 2.99. The summed E-state index contributed by atoms with van der Waals surface area (Å²) in [6.07, 6.45) is -0.481. The molecule has 1 aliphatic heterocycles. The lowest BCUT2D eigenvalue weighted by molar-refractivity contribution is -0.148. The number of hydrogen-bond donors (Lipinski definition) is 2. The maximum absolute atomic E-state index is 12.2. The second-order valence-corrected chi connectivity index (χ2v) is 5.39. The van der Waals surface area contributed by atoms with Crippen LogP contribution in [0.15, 0.2) is 18.2 Å². The molecule has 20 heavy (non-hydrogen) atoms. The molecular weight excluding hydrogens is 258 g/mol. The largest absolute Gasteiger partial charge is 0.480 e. The van der Waals surface area contributed by atoms with Crippen LogP contribution < -0.4 is 0 Å². The molecule has 0 saturated carbocycles. The first-order valence-electron chi connectivity index (χ1n) is 6.65. The minimum atomic E-state index is -1.06. The zero-order valence-electron chi connectivity index (χ0n) is 11.7. The van der Waals surface area contributed by atoms with Crippen molar-refractivity contribution in [1.82, 2.24) is 4.90 Å². The fourth-order valence-electron chi connectivity index (χ4n) is 2.51. The number of carbonyl (C=O) groups excluding carboxylic acids is 1. The smallest absolute Gasteiger partial charge is 0.326 e. The molecule has 0 spiro atoms. The number of aliphatic hydroxyl groups excluding tert-OH is 1. The summed E-state index contributed by atoms with van der Waals surface area (Å²) in [5.74, 6) is -1.31. The number of nitrogens with zero attached hydrogens (tertiary/aromatic N) is 1. The number of benzene rings is 1. The summed E-state index contributed by atoms with van der Waals surface area (Å²) in [6.45, 7) is 4.07. The van der Waals surface area contributed by atoms with Gasteiger partial charge in [0.2, 0.25) is 5.91 Å². The van der Waals surface area contributed by atoms with E-state index in [2.05, 4.69) is 0 Å². The van der Waals surface area contributed by atoms with Crippen LogP contribution in [0.25, 0.3) is 0 Å². The molecule has 0 aromatic heterocycles. The third-order valence-electron chi connectivity index (χ3n) is 3.81. The molecular formula is C15H19NO4. The Morgan fingerprint density at radius 3 is 2.60 bits per heavy atom. The van der Waals surface area contributed by atoms with Crippen molar-refractivity contribution in [2.75, 3.05) is 6.54 Å². The van der Waals surface area contributed by atoms with Gasteiger partial charge in [0.05, 0.1) is 12.5 Å². The van der Waals surface area contributed by atoms with Gasteiger partial charge in [-0.05, 0) is 30.5 Å². The van der Waals surface area contributed by atoms with Gasteiger partial charge < -0.3 is 15.1 Å². The number of carboxylic acid groups (broad SMARTS) is 1. The van der Waals surface area contributed by atoms with Crippen LogP contribution in [0.1, 0.15) is 23.1 Å². The normalized spacial score (nSPS) is 22.1. The van der Waals surface area contributed by atoms with Crippen LogP contribution in [0.3, 0.4) is 0 Å². The van der Waals surface area contributed by atoms with Crippen molar-refractivity contribution < 1.29 is 19.8 Å². The Morgan fingerprint density at radius 1 is 1.30 bits per heavy atom. The Hall–Kier alpha value is -1.88. The average Bonchev–Trinajstić information content (AvgIpc) is 2.76. The van der Waals surface area contributed by atoms with Crippen LogP contribution in [0, 0.1) is 13.8 Å². The van der Waals surface area contributed by atoms with Crippen LogP contribution in [0.4, 0.5) is 0 Å². The Kier molecular flexibility index (Phi) is 4.09. The van der Waals surface area contributed by atoms with E-state index in [0.29, 0.717) is 0 Å². The Bertz CT molecular complexity index is 541. The predicted octanol–water partition coefficient (Wildman–Crippen LogP) is 0.892. The van der Waals surface area contributed by atoms with E-state index in [0.717, 1.165) is 16.7 Å². The topological polar surface area (TPSA) is 77.8 Å². The van der Waals surface area contributed by atoms with Gasteiger partial charge in [-0.15, -0.1) is 0 Å². The second-order valence-electron chi connectivity index (χ2n) is 5.39. The van der Waals surface area contributed by atoms with Gasteiger partial charge >= 0.3 is 5.97 Å². The van der Waals surface area contributed by atoms with Gasteiger partial charge in [-0.1, -0.05) is 18.2 Å². The lowest BCUT2D eigenvalue weighted by Crippen LogP contribution is -2.41. The molecule has 1 saturated heterocycles. The zero-order chi connectivity index (χ0) is 14.9. The molecule has 0 bridgehead atoms. The first-order chi connectivity index (χ1) is 9.38. The summed E-state index contributed by atoms with van der Waals surface area (Å²) >= 11 is 0. The van der Waals surface area contributed by atoms with E-state index in [1.807, 2.05) is 32.0 Å². The second kappa shape index (κ2) is 5.63. The number of rotatable bonds is 3. The highest BCUT2D eigenvalue weighted by atomic mass is 16.4. The molecule has 1 heterocycles. The number of carboxylic acids is 1. The fraction of sp³-hybridized carbons (Fsp3) is 0.467. The van der Waals surface area contributed by atoms with Crippen LogP contribution in [0.5, 0.6) is 0 Å². The predicted molar refractivity (Wildman–Crippen MR) is 73.4 cm³/mol. The Balaban J connectivity index is 2.11. The maximum Gasteiger partial charge on any atom is 0.326 e. The van der Waals surface area contributed by atoms with Crippen molar-refractivity contribution in [3.8, 4) is 0 Å². The molecule has 5 nitrogen and oxygen atoms in total. The monoisotopic (exact) mass is 277 g/mol. The van der Waals surface area contributed by atoms with E-state index in [-0.39, 0.29) is 25.3 Å². The Labute approximate surface area is 117 Å². The molecule has 2 rings (SSSR count). The zero-order valence-corrected chi connectivity index (χ0v) is 11.7. The van der Waals surface area contributed by atoms with Crippen LogP contribution >= 0.6 is 0 Å². The standard InChI is InChI=1S/C15H19NO4/c1-9-3-4-11(5-10(9)2)6-14(18)16-8-12(17)7-13(16)15(19)20/h3-5,12-13,17H,6-8H2,1-2H3,(H,19,20)/t12-,13-/m1/s1. The third-order valence-corrected chi connectivity index (χ3v) is 3.81. The van der Waals surface area contributed by atoms with Crippen molar-refractivity contribution in [3.05, 3.63) is 34.9 Å². The SMILES string of the molecule is Cc1ccc(CC(=O)N2C[C@H](O)C[C@@H]2C(=O)O)cc1C. The summed E-state index contributed by atoms with van der Waals surface area (Å²) in [6, 6.07) is 4.85. The highest BCUT2D eigenvalue weighted by Gasteiger charge is 2.38. The lowest BCUT2D eigenvalue weighted by Gasteiger charge is -2.21. The summed E-state index contributed by atoms with van der Waals surface area (Å²) in [7, 11) is 0. The number of β-amino-alcohol motifs (C(OH)–C–C–N with tert-alkyl or cyclic N) is 1. The van der Waals surface area contributed by atoms with Gasteiger partial charge in [0.15, 0.2) is 0 Å². The van der Waals surface area contributed by atoms with Crippen molar-refractivity contribution >= 4 is 11.9 Å². The highest BCUT2D eigenvalue weighted by molar-refractivity contribution is 5.85. The Morgan fingerprint density at radius 2 is 2.00 bits per heavy atom. The molecule has 2 N–H and O–H groups in total. The number of aliphatic carboxylic acids is 1. The number of aryl methyl sites for hydroxylation is 2. The van der Waals surface area contributed by atoms with E-state index in [9.17, 15) is 14.7 Å². The summed E-state index contributed by atoms with van der Waals surface area (Å²) in [4.78, 5) is 24.6. The molecule has 2 atom stereocenters. The molecule has 1 aromatic carbocycles. The van der Waals surface area contributed by atoms with Gasteiger partial charge in [-0.3, -0.25) is 4.79 Å². The summed E-state index contributed by atoms with van der Waals surface area (Å²) in [5, 5.41) is 18.6. The van der Waals surface area contributed by atoms with Crippen molar-refractivity contribution in [2.24, 2.45) is 0 Å². The number of amides is 1. The molecule has 1 amide bonds. The lowest BCUT2D eigenvalue weighted by atomic mass is 10.0. The van der Waals surface area contributed by atoms with E-state index >= 15 is 0 Å². The molecule has 1 fully saturated rings. The quantitative estimate of drug-likeness (QED) is 0.860. The molecule has 1 aromatic rings. The minimum absolute atomic E-state index is 0.0979. The van der Waals surface area contributed by atoms with Crippen molar-refractivity contribution in [2.45, 2.75) is 38.8 Å². The highest BCUT2D eigenvalue weighted by Crippen LogP contribution is 2.20. The van der Waals surface area contributed by atoms with E-state index in [4.69, 9.17) is 5.11 Å². The molecule has 108 valence electrons. The average molecular weight is 277 g/mol. The van der Waals surface area contributed by atoms with Crippen molar-refractivity contribution in [1.29, 1.82) is 0 Å². The van der Waals surface area contributed by atoms with Crippen LogP contribution in [0.2, 0.25) is 0 Å². The molecule has 0 unspecified atom stereocenters. The molecule has 1 aliphatic rings. The van der Waals surface area contributed by atoms with Crippen molar-refractivity contribution in [3.63, 3.8) is 0 Å². The minimum Gasteiger partial charge on any atom is -0.480 e. The number of carbonyl (C=O) groups is 2. The van der Waals surface area contributed by atoms with Gasteiger partial charge in [-0.2, -0.15) is 0 Å². The van der Waals surface area contributed by atoms with Gasteiger partial charge in [0.25, 0.3) is 0 Å². The fourth-order valence-corrected chi connectivity index (χ4v) is 2.51. The van der Waals surface area contributed by atoms with E-state index < -0.39 is 18.1 Å². The molecule has 5 heteroatoms. The van der Waals surface area contributed by atoms with Gasteiger partial charge in [0, 0.05) is 13.0 Å². The number of likely N-dealkylation sites (tertiary alicyclic amines) is 1. The maximum atomic E-state index is 12.2. The van der Waals surface area contributed by atoms with Gasteiger partial charge in [0.1, 0.15) is 6.04 Å². The first-order valence-corrected chi connectivity index (χ1v) is 6.65. The number of hydrogen-bond acceptors (Lipinski definition) is 3. The first kappa shape index (κ1) is 14.5.